The second kappa shape index (κ2) is 9.32. The van der Waals surface area contributed by atoms with Crippen molar-refractivity contribution in [3.63, 3.8) is 0 Å². The van der Waals surface area contributed by atoms with Crippen molar-refractivity contribution in [1.82, 2.24) is 9.21 Å². The Balaban J connectivity index is 2.11. The molecule has 1 aliphatic rings. The number of nitrogens with zero attached hydrogens (tertiary/aromatic N) is 2. The van der Waals surface area contributed by atoms with Crippen LogP contribution in [0.1, 0.15) is 38.7 Å². The molecule has 2 unspecified atom stereocenters. The molecule has 2 rings (SSSR count). The van der Waals surface area contributed by atoms with Crippen molar-refractivity contribution in [2.75, 3.05) is 19.6 Å². The van der Waals surface area contributed by atoms with E-state index in [1.807, 2.05) is 19.9 Å². The van der Waals surface area contributed by atoms with E-state index in [0.717, 1.165) is 0 Å². The summed E-state index contributed by atoms with van der Waals surface area (Å²) in [6.45, 7) is 3.85. The second-order valence-corrected chi connectivity index (χ2v) is 9.03. The lowest BCUT2D eigenvalue weighted by Gasteiger charge is -2.36. The highest BCUT2D eigenvalue weighted by molar-refractivity contribution is 7.88. The molecule has 27 heavy (non-hydrogen) atoms. The number of hydrogen-bond acceptors (Lipinski definition) is 4. The summed E-state index contributed by atoms with van der Waals surface area (Å²) >= 11 is 0. The maximum atomic E-state index is 12.9. The van der Waals surface area contributed by atoms with Crippen LogP contribution in [0, 0.1) is 5.92 Å². The van der Waals surface area contributed by atoms with Crippen LogP contribution in [0.4, 0.5) is 0 Å². The van der Waals surface area contributed by atoms with E-state index in [0.29, 0.717) is 31.4 Å². The average molecular weight is 397 g/mol. The van der Waals surface area contributed by atoms with Gasteiger partial charge in [0.1, 0.15) is 6.54 Å². The van der Waals surface area contributed by atoms with E-state index in [1.54, 1.807) is 24.3 Å². The molecule has 1 N–H and O–H groups in total. The lowest BCUT2D eigenvalue weighted by Crippen LogP contribution is -2.50. The fourth-order valence-corrected chi connectivity index (χ4v) is 4.93. The lowest BCUT2D eigenvalue weighted by atomic mass is 9.97. The van der Waals surface area contributed by atoms with Crippen LogP contribution in [0.25, 0.3) is 0 Å². The number of carboxylic acid groups (broad SMARTS) is 1. The fraction of sp³-hybridized carbons (Fsp3) is 0.579. The van der Waals surface area contributed by atoms with Gasteiger partial charge < -0.3 is 10.0 Å². The summed E-state index contributed by atoms with van der Waals surface area (Å²) in [6, 6.07) is 8.75. The normalized spacial score (nSPS) is 19.4. The van der Waals surface area contributed by atoms with Crippen molar-refractivity contribution >= 4 is 21.9 Å². The average Bonchev–Trinajstić information content (AvgIpc) is 2.65. The highest BCUT2D eigenvalue weighted by Gasteiger charge is 2.35. The molecule has 7 nitrogen and oxygen atoms in total. The van der Waals surface area contributed by atoms with Crippen LogP contribution in [-0.2, 0) is 25.4 Å². The van der Waals surface area contributed by atoms with Crippen LogP contribution in [0.3, 0.4) is 0 Å². The van der Waals surface area contributed by atoms with E-state index in [1.165, 1.54) is 9.21 Å². The summed E-state index contributed by atoms with van der Waals surface area (Å²) in [5, 5.41) is 9.12. The molecule has 1 fully saturated rings. The Morgan fingerprint density at radius 1 is 1.30 bits per heavy atom. The summed E-state index contributed by atoms with van der Waals surface area (Å²) < 4.78 is 26.9. The van der Waals surface area contributed by atoms with Crippen molar-refractivity contribution in [2.24, 2.45) is 5.92 Å². The van der Waals surface area contributed by atoms with Gasteiger partial charge in [-0.1, -0.05) is 37.3 Å². The largest absolute Gasteiger partial charge is 0.480 e. The van der Waals surface area contributed by atoms with Crippen molar-refractivity contribution in [1.29, 1.82) is 0 Å². The lowest BCUT2D eigenvalue weighted by molar-refractivity contribution is -0.148. The molecule has 0 bridgehead atoms. The van der Waals surface area contributed by atoms with Gasteiger partial charge in [-0.25, -0.2) is 12.7 Å². The second-order valence-electron chi connectivity index (χ2n) is 7.06. The van der Waals surface area contributed by atoms with Gasteiger partial charge in [-0.3, -0.25) is 9.59 Å². The number of rotatable bonds is 8. The first-order chi connectivity index (χ1) is 12.7. The third-order valence-corrected chi connectivity index (χ3v) is 6.85. The molecule has 1 aliphatic heterocycles. The van der Waals surface area contributed by atoms with E-state index in [9.17, 15) is 18.0 Å². The van der Waals surface area contributed by atoms with Crippen molar-refractivity contribution < 1.29 is 23.1 Å². The van der Waals surface area contributed by atoms with Crippen molar-refractivity contribution in [2.45, 2.75) is 44.9 Å². The number of piperidine rings is 1. The van der Waals surface area contributed by atoms with Gasteiger partial charge in [0.25, 0.3) is 0 Å². The maximum Gasteiger partial charge on any atom is 0.323 e. The SMILES string of the molecule is CCC(C)N(CC(=O)O)C(=O)C1CCCN(S(=O)(=O)Cc2ccccc2)C1. The van der Waals surface area contributed by atoms with Gasteiger partial charge in [-0.05, 0) is 31.7 Å². The highest BCUT2D eigenvalue weighted by atomic mass is 32.2. The Hall–Kier alpha value is -1.93. The van der Waals surface area contributed by atoms with Gasteiger partial charge in [0.05, 0.1) is 11.7 Å². The van der Waals surface area contributed by atoms with Crippen LogP contribution in [0.2, 0.25) is 0 Å². The summed E-state index contributed by atoms with van der Waals surface area (Å²) in [5.41, 5.74) is 0.707. The van der Waals surface area contributed by atoms with Crippen LogP contribution in [-0.4, -0.2) is 60.3 Å². The summed E-state index contributed by atoms with van der Waals surface area (Å²) in [6.07, 6.45) is 1.80. The minimum Gasteiger partial charge on any atom is -0.480 e. The Kier molecular flexibility index (Phi) is 7.38. The fourth-order valence-electron chi connectivity index (χ4n) is 3.32. The molecule has 0 spiro atoms. The number of carbonyl (C=O) groups excluding carboxylic acids is 1. The Morgan fingerprint density at radius 3 is 2.56 bits per heavy atom. The highest BCUT2D eigenvalue weighted by Crippen LogP contribution is 2.24. The zero-order valence-electron chi connectivity index (χ0n) is 15.9. The summed E-state index contributed by atoms with van der Waals surface area (Å²) in [7, 11) is -3.53. The molecule has 0 saturated carbocycles. The molecule has 0 aliphatic carbocycles. The number of carbonyl (C=O) groups is 2. The van der Waals surface area contributed by atoms with E-state index >= 15 is 0 Å². The minimum absolute atomic E-state index is 0.0983. The molecule has 0 radical (unpaired) electrons. The third kappa shape index (κ3) is 5.77. The summed E-state index contributed by atoms with van der Waals surface area (Å²) in [5.74, 6) is -1.93. The molecule has 1 aromatic carbocycles. The third-order valence-electron chi connectivity index (χ3n) is 5.03. The first-order valence-corrected chi connectivity index (χ1v) is 10.9. The zero-order chi connectivity index (χ0) is 20.0. The van der Waals surface area contributed by atoms with Crippen LogP contribution in [0.5, 0.6) is 0 Å². The van der Waals surface area contributed by atoms with E-state index in [4.69, 9.17) is 5.11 Å². The van der Waals surface area contributed by atoms with Gasteiger partial charge >= 0.3 is 5.97 Å². The molecule has 0 aromatic heterocycles. The quantitative estimate of drug-likeness (QED) is 0.725. The van der Waals surface area contributed by atoms with Crippen molar-refractivity contribution in [3.8, 4) is 0 Å². The van der Waals surface area contributed by atoms with E-state index in [-0.39, 0.29) is 30.8 Å². The standard InChI is InChI=1S/C19H28N2O5S/c1-3-15(2)21(13-18(22)23)19(24)17-10-7-11-20(12-17)27(25,26)14-16-8-5-4-6-9-16/h4-6,8-9,15,17H,3,7,10-14H2,1-2H3,(H,22,23). The number of sulfonamides is 1. The van der Waals surface area contributed by atoms with Crippen LogP contribution >= 0.6 is 0 Å². The molecule has 1 aromatic rings. The zero-order valence-corrected chi connectivity index (χ0v) is 16.7. The predicted octanol–water partition coefficient (Wildman–Crippen LogP) is 1.94. The van der Waals surface area contributed by atoms with Gasteiger partial charge in [0, 0.05) is 19.1 Å². The number of aliphatic carboxylic acids is 1. The molecule has 1 heterocycles. The predicted molar refractivity (Wildman–Crippen MR) is 102 cm³/mol. The Labute approximate surface area is 161 Å². The summed E-state index contributed by atoms with van der Waals surface area (Å²) in [4.78, 5) is 25.4. The molecule has 150 valence electrons. The van der Waals surface area contributed by atoms with Crippen molar-refractivity contribution in [3.05, 3.63) is 35.9 Å². The van der Waals surface area contributed by atoms with E-state index < -0.39 is 21.9 Å². The van der Waals surface area contributed by atoms with Gasteiger partial charge in [0.2, 0.25) is 15.9 Å². The monoisotopic (exact) mass is 396 g/mol. The first kappa shape index (κ1) is 21.4. The topological polar surface area (TPSA) is 95.0 Å². The molecular formula is C19H28N2O5S. The number of hydrogen-bond donors (Lipinski definition) is 1. The molecular weight excluding hydrogens is 368 g/mol. The number of benzene rings is 1. The van der Waals surface area contributed by atoms with Gasteiger partial charge in [-0.15, -0.1) is 0 Å². The van der Waals surface area contributed by atoms with Gasteiger partial charge in [0.15, 0.2) is 0 Å². The van der Waals surface area contributed by atoms with Gasteiger partial charge in [-0.2, -0.15) is 0 Å². The smallest absolute Gasteiger partial charge is 0.323 e. The minimum atomic E-state index is -3.53. The van der Waals surface area contributed by atoms with Crippen LogP contribution in [0.15, 0.2) is 30.3 Å². The van der Waals surface area contributed by atoms with Crippen LogP contribution < -0.4 is 0 Å². The first-order valence-electron chi connectivity index (χ1n) is 9.28. The Bertz CT molecular complexity index is 751. The number of carboxylic acids is 1. The molecule has 1 saturated heterocycles. The molecule has 8 heteroatoms. The molecule has 1 amide bonds. The molecule has 2 atom stereocenters. The Morgan fingerprint density at radius 2 is 1.96 bits per heavy atom. The maximum absolute atomic E-state index is 12.9. The van der Waals surface area contributed by atoms with E-state index in [2.05, 4.69) is 0 Å². The number of amides is 1.